The lowest BCUT2D eigenvalue weighted by Gasteiger charge is -2.07. The number of hydrogen-bond acceptors (Lipinski definition) is 4. The van der Waals surface area contributed by atoms with Crippen LogP contribution < -0.4 is 10.6 Å². The molecule has 0 radical (unpaired) electrons. The summed E-state index contributed by atoms with van der Waals surface area (Å²) in [6.07, 6.45) is 3.73. The zero-order valence-electron chi connectivity index (χ0n) is 10.1. The summed E-state index contributed by atoms with van der Waals surface area (Å²) in [6.45, 7) is 3.64. The summed E-state index contributed by atoms with van der Waals surface area (Å²) in [7, 11) is 1.92. The van der Waals surface area contributed by atoms with Crippen molar-refractivity contribution in [3.8, 4) is 0 Å². The molecule has 0 fully saturated rings. The lowest BCUT2D eigenvalue weighted by molar-refractivity contribution is 0.747. The summed E-state index contributed by atoms with van der Waals surface area (Å²) >= 11 is 0. The topological polar surface area (TPSA) is 54.8 Å². The maximum atomic E-state index is 4.31. The minimum absolute atomic E-state index is 0.719. The van der Waals surface area contributed by atoms with E-state index < -0.39 is 0 Å². The van der Waals surface area contributed by atoms with Gasteiger partial charge in [-0.25, -0.2) is 4.98 Å². The second kappa shape index (κ2) is 5.34. The second-order valence-corrected chi connectivity index (χ2v) is 3.79. The molecular formula is C12H17N5. The van der Waals surface area contributed by atoms with Crippen molar-refractivity contribution in [2.75, 3.05) is 17.2 Å². The summed E-state index contributed by atoms with van der Waals surface area (Å²) in [5, 5.41) is 10.8. The van der Waals surface area contributed by atoms with Crippen molar-refractivity contribution in [1.29, 1.82) is 0 Å². The normalized spacial score (nSPS) is 10.2. The largest absolute Gasteiger partial charge is 0.379 e. The van der Waals surface area contributed by atoms with Gasteiger partial charge < -0.3 is 10.6 Å². The molecule has 0 aliphatic heterocycles. The van der Waals surface area contributed by atoms with Crippen LogP contribution in [-0.2, 0) is 13.6 Å². The lowest BCUT2D eigenvalue weighted by Crippen LogP contribution is -2.03. The molecule has 5 nitrogen and oxygen atoms in total. The van der Waals surface area contributed by atoms with Crippen LogP contribution >= 0.6 is 0 Å². The molecule has 2 aromatic heterocycles. The molecule has 0 aliphatic carbocycles. The van der Waals surface area contributed by atoms with Crippen LogP contribution in [0.25, 0.3) is 0 Å². The van der Waals surface area contributed by atoms with Crippen LogP contribution in [-0.4, -0.2) is 21.3 Å². The summed E-state index contributed by atoms with van der Waals surface area (Å²) in [5.41, 5.74) is 2.07. The standard InChI is InChI=1S/C12H17N5/c1-3-13-12-8-10(4-6-14-12)15-9-11-5-7-17(2)16-11/h4-8H,3,9H2,1-2H3,(H2,13,14,15). The lowest BCUT2D eigenvalue weighted by atomic mass is 10.3. The van der Waals surface area contributed by atoms with E-state index in [1.807, 2.05) is 31.4 Å². The second-order valence-electron chi connectivity index (χ2n) is 3.79. The number of nitrogens with one attached hydrogen (secondary N) is 2. The third kappa shape index (κ3) is 3.21. The van der Waals surface area contributed by atoms with E-state index in [-0.39, 0.29) is 0 Å². The van der Waals surface area contributed by atoms with E-state index in [0.717, 1.165) is 30.3 Å². The Balaban J connectivity index is 1.96. The first-order valence-electron chi connectivity index (χ1n) is 5.70. The number of pyridine rings is 1. The molecule has 0 unspecified atom stereocenters. The van der Waals surface area contributed by atoms with Crippen LogP contribution in [0.1, 0.15) is 12.6 Å². The van der Waals surface area contributed by atoms with Crippen LogP contribution in [0.3, 0.4) is 0 Å². The highest BCUT2D eigenvalue weighted by Gasteiger charge is 1.98. The maximum absolute atomic E-state index is 4.31. The molecule has 2 aromatic rings. The number of hydrogen-bond donors (Lipinski definition) is 2. The predicted molar refractivity (Wildman–Crippen MR) is 68.9 cm³/mol. The average Bonchev–Trinajstić information content (AvgIpc) is 2.74. The van der Waals surface area contributed by atoms with Crippen LogP contribution in [0, 0.1) is 0 Å². The van der Waals surface area contributed by atoms with Crippen LogP contribution in [0.5, 0.6) is 0 Å². The fourth-order valence-electron chi connectivity index (χ4n) is 1.57. The predicted octanol–water partition coefficient (Wildman–Crippen LogP) is 1.86. The highest BCUT2D eigenvalue weighted by Crippen LogP contribution is 2.12. The van der Waals surface area contributed by atoms with E-state index in [1.54, 1.807) is 10.9 Å². The zero-order valence-corrected chi connectivity index (χ0v) is 10.1. The Hall–Kier alpha value is -2.04. The molecule has 0 aromatic carbocycles. The number of rotatable bonds is 5. The summed E-state index contributed by atoms with van der Waals surface area (Å²) < 4.78 is 1.80. The molecule has 5 heteroatoms. The van der Waals surface area contributed by atoms with Gasteiger partial charge >= 0.3 is 0 Å². The van der Waals surface area contributed by atoms with Gasteiger partial charge in [0.15, 0.2) is 0 Å². The van der Waals surface area contributed by atoms with Crippen LogP contribution in [0.4, 0.5) is 11.5 Å². The molecule has 0 saturated carbocycles. The third-order valence-electron chi connectivity index (χ3n) is 2.36. The average molecular weight is 231 g/mol. The van der Waals surface area contributed by atoms with Gasteiger partial charge in [0.1, 0.15) is 5.82 Å². The molecule has 0 amide bonds. The number of aromatic nitrogens is 3. The highest BCUT2D eigenvalue weighted by molar-refractivity contribution is 5.51. The monoisotopic (exact) mass is 231 g/mol. The first-order valence-corrected chi connectivity index (χ1v) is 5.70. The molecule has 0 atom stereocenters. The minimum Gasteiger partial charge on any atom is -0.379 e. The Kier molecular flexibility index (Phi) is 3.59. The van der Waals surface area contributed by atoms with E-state index in [2.05, 4.69) is 27.6 Å². The van der Waals surface area contributed by atoms with Crippen molar-refractivity contribution in [3.05, 3.63) is 36.3 Å². The summed E-state index contributed by atoms with van der Waals surface area (Å²) in [4.78, 5) is 4.22. The molecule has 0 bridgehead atoms. The smallest absolute Gasteiger partial charge is 0.127 e. The van der Waals surface area contributed by atoms with Gasteiger partial charge in [0.25, 0.3) is 0 Å². The van der Waals surface area contributed by atoms with Crippen molar-refractivity contribution in [1.82, 2.24) is 14.8 Å². The SMILES string of the molecule is CCNc1cc(NCc2ccn(C)n2)ccn1. The van der Waals surface area contributed by atoms with Crippen LogP contribution in [0.2, 0.25) is 0 Å². The maximum Gasteiger partial charge on any atom is 0.127 e. The van der Waals surface area contributed by atoms with Gasteiger partial charge in [0, 0.05) is 37.7 Å². The zero-order chi connectivity index (χ0) is 12.1. The molecular weight excluding hydrogens is 214 g/mol. The molecule has 90 valence electrons. The van der Waals surface area contributed by atoms with E-state index in [0.29, 0.717) is 0 Å². The Morgan fingerprint density at radius 2 is 2.18 bits per heavy atom. The van der Waals surface area contributed by atoms with E-state index in [9.17, 15) is 0 Å². The van der Waals surface area contributed by atoms with Gasteiger partial charge in [-0.2, -0.15) is 5.10 Å². The molecule has 0 saturated heterocycles. The third-order valence-corrected chi connectivity index (χ3v) is 2.36. The number of nitrogens with zero attached hydrogens (tertiary/aromatic N) is 3. The molecule has 2 heterocycles. The Morgan fingerprint density at radius 1 is 1.29 bits per heavy atom. The fourth-order valence-corrected chi connectivity index (χ4v) is 1.57. The Labute approximate surface area is 101 Å². The summed E-state index contributed by atoms with van der Waals surface area (Å²) in [6, 6.07) is 5.94. The minimum atomic E-state index is 0.719. The quantitative estimate of drug-likeness (QED) is 0.824. The van der Waals surface area contributed by atoms with Crippen molar-refractivity contribution >= 4 is 11.5 Å². The first kappa shape index (κ1) is 11.4. The van der Waals surface area contributed by atoms with E-state index in [4.69, 9.17) is 0 Å². The Morgan fingerprint density at radius 3 is 2.88 bits per heavy atom. The fraction of sp³-hybridized carbons (Fsp3) is 0.333. The van der Waals surface area contributed by atoms with Crippen molar-refractivity contribution in [2.45, 2.75) is 13.5 Å². The van der Waals surface area contributed by atoms with Gasteiger partial charge in [-0.15, -0.1) is 0 Å². The van der Waals surface area contributed by atoms with E-state index in [1.165, 1.54) is 0 Å². The molecule has 2 rings (SSSR count). The van der Waals surface area contributed by atoms with Gasteiger partial charge in [0.2, 0.25) is 0 Å². The van der Waals surface area contributed by atoms with E-state index >= 15 is 0 Å². The van der Waals surface area contributed by atoms with Gasteiger partial charge in [-0.3, -0.25) is 4.68 Å². The first-order chi connectivity index (χ1) is 8.28. The van der Waals surface area contributed by atoms with Crippen LogP contribution in [0.15, 0.2) is 30.6 Å². The Bertz CT molecular complexity index is 477. The molecule has 0 aliphatic rings. The van der Waals surface area contributed by atoms with Crippen molar-refractivity contribution in [2.24, 2.45) is 7.05 Å². The summed E-state index contributed by atoms with van der Waals surface area (Å²) in [5.74, 6) is 0.888. The van der Waals surface area contributed by atoms with Gasteiger partial charge in [-0.05, 0) is 19.1 Å². The van der Waals surface area contributed by atoms with Gasteiger partial charge in [0.05, 0.1) is 12.2 Å². The number of anilines is 2. The van der Waals surface area contributed by atoms with Crippen molar-refractivity contribution in [3.63, 3.8) is 0 Å². The highest BCUT2D eigenvalue weighted by atomic mass is 15.3. The molecule has 0 spiro atoms. The van der Waals surface area contributed by atoms with Gasteiger partial charge in [-0.1, -0.05) is 0 Å². The molecule has 2 N–H and O–H groups in total. The van der Waals surface area contributed by atoms with Crippen molar-refractivity contribution < 1.29 is 0 Å². The number of aryl methyl sites for hydroxylation is 1. The molecule has 17 heavy (non-hydrogen) atoms.